The Morgan fingerprint density at radius 3 is 2.36 bits per heavy atom. The number of aromatic nitrogens is 2. The number of halogens is 2. The zero-order valence-corrected chi connectivity index (χ0v) is 22.0. The van der Waals surface area contributed by atoms with Gasteiger partial charge in [0.05, 0.1) is 5.69 Å². The average molecular weight is 515 g/mol. The van der Waals surface area contributed by atoms with E-state index in [-0.39, 0.29) is 11.8 Å². The Bertz CT molecular complexity index is 913. The van der Waals surface area contributed by atoms with E-state index in [9.17, 15) is 9.59 Å². The van der Waals surface area contributed by atoms with Gasteiger partial charge in [-0.2, -0.15) is 0 Å². The molecule has 0 spiro atoms. The highest BCUT2D eigenvalue weighted by molar-refractivity contribution is 7.99. The van der Waals surface area contributed by atoms with Crippen LogP contribution in [0.3, 0.4) is 0 Å². The van der Waals surface area contributed by atoms with E-state index in [1.165, 1.54) is 11.8 Å². The minimum Gasteiger partial charge on any atom is -0.438 e. The number of hydrogen-bond donors (Lipinski definition) is 2. The number of carbonyl (C=O) groups excluding carboxylic acids is 2. The highest BCUT2D eigenvalue weighted by atomic mass is 35.5. The molecule has 182 valence electrons. The molecule has 2 N–H and O–H groups in total. The SMILES string of the molecule is CCCCCCCC(=O)NC(=O)OC(CC)c1nc(Sc2cc(Cl)cc(Cl)c2)c(C(C)C)[nH]1. The average Bonchev–Trinajstić information content (AvgIpc) is 3.14. The van der Waals surface area contributed by atoms with Gasteiger partial charge >= 0.3 is 6.09 Å². The maximum Gasteiger partial charge on any atom is 0.414 e. The molecular weight excluding hydrogens is 481 g/mol. The zero-order chi connectivity index (χ0) is 24.4. The summed E-state index contributed by atoms with van der Waals surface area (Å²) in [6, 6.07) is 5.33. The lowest BCUT2D eigenvalue weighted by atomic mass is 10.1. The molecule has 33 heavy (non-hydrogen) atoms. The number of imide groups is 1. The number of benzene rings is 1. The van der Waals surface area contributed by atoms with E-state index in [1.807, 2.05) is 19.1 Å². The van der Waals surface area contributed by atoms with Crippen molar-refractivity contribution >= 4 is 47.0 Å². The molecule has 2 amide bonds. The number of hydrogen-bond acceptors (Lipinski definition) is 5. The van der Waals surface area contributed by atoms with Gasteiger partial charge in [-0.15, -0.1) is 0 Å². The van der Waals surface area contributed by atoms with E-state index in [0.717, 1.165) is 47.7 Å². The molecule has 0 saturated carbocycles. The number of carbonyl (C=O) groups is 2. The monoisotopic (exact) mass is 513 g/mol. The Morgan fingerprint density at radius 2 is 1.76 bits per heavy atom. The first kappa shape index (κ1) is 27.5. The van der Waals surface area contributed by atoms with Crippen molar-refractivity contribution in [3.63, 3.8) is 0 Å². The molecule has 0 aliphatic carbocycles. The van der Waals surface area contributed by atoms with Gasteiger partial charge in [-0.05, 0) is 37.0 Å². The smallest absolute Gasteiger partial charge is 0.414 e. The lowest BCUT2D eigenvalue weighted by molar-refractivity contribution is -0.120. The van der Waals surface area contributed by atoms with Crippen molar-refractivity contribution in [2.24, 2.45) is 0 Å². The first-order valence-electron chi connectivity index (χ1n) is 11.5. The Balaban J connectivity index is 2.04. The second-order valence-electron chi connectivity index (χ2n) is 8.22. The lowest BCUT2D eigenvalue weighted by Gasteiger charge is -2.14. The molecule has 1 aromatic carbocycles. The van der Waals surface area contributed by atoms with E-state index >= 15 is 0 Å². The predicted octanol–water partition coefficient (Wildman–Crippen LogP) is 8.06. The van der Waals surface area contributed by atoms with Gasteiger partial charge in [-0.1, -0.05) is 88.3 Å². The molecule has 0 aliphatic heterocycles. The summed E-state index contributed by atoms with van der Waals surface area (Å²) in [6.07, 6.45) is 4.63. The van der Waals surface area contributed by atoms with Gasteiger partial charge in [-0.3, -0.25) is 10.1 Å². The van der Waals surface area contributed by atoms with Crippen LogP contribution in [0.5, 0.6) is 0 Å². The van der Waals surface area contributed by atoms with Crippen LogP contribution in [-0.2, 0) is 9.53 Å². The number of alkyl carbamates (subject to hydrolysis) is 1. The molecule has 0 saturated heterocycles. The molecule has 6 nitrogen and oxygen atoms in total. The van der Waals surface area contributed by atoms with E-state index in [2.05, 4.69) is 31.1 Å². The zero-order valence-electron chi connectivity index (χ0n) is 19.7. The summed E-state index contributed by atoms with van der Waals surface area (Å²) in [6.45, 7) is 8.15. The highest BCUT2D eigenvalue weighted by Crippen LogP contribution is 2.36. The predicted molar refractivity (Wildman–Crippen MR) is 134 cm³/mol. The molecule has 2 aromatic rings. The van der Waals surface area contributed by atoms with E-state index in [4.69, 9.17) is 32.9 Å². The largest absolute Gasteiger partial charge is 0.438 e. The molecule has 2 rings (SSSR count). The molecule has 0 aliphatic rings. The third kappa shape index (κ3) is 9.22. The van der Waals surface area contributed by atoms with Gasteiger partial charge in [0.1, 0.15) is 10.9 Å². The van der Waals surface area contributed by atoms with Crippen molar-refractivity contribution in [1.29, 1.82) is 0 Å². The Morgan fingerprint density at radius 1 is 1.09 bits per heavy atom. The number of ether oxygens (including phenoxy) is 1. The second-order valence-corrected chi connectivity index (χ2v) is 10.2. The number of amides is 2. The Kier molecular flexibility index (Phi) is 11.6. The van der Waals surface area contributed by atoms with Gasteiger partial charge in [0.2, 0.25) is 5.91 Å². The molecule has 1 heterocycles. The molecule has 1 unspecified atom stereocenters. The number of aromatic amines is 1. The fourth-order valence-corrected chi connectivity index (χ4v) is 5.06. The van der Waals surface area contributed by atoms with Gasteiger partial charge in [0.25, 0.3) is 0 Å². The summed E-state index contributed by atoms with van der Waals surface area (Å²) in [5.41, 5.74) is 0.928. The van der Waals surface area contributed by atoms with Crippen LogP contribution in [0.1, 0.15) is 96.2 Å². The maximum absolute atomic E-state index is 12.3. The van der Waals surface area contributed by atoms with Crippen molar-refractivity contribution in [3.05, 3.63) is 39.8 Å². The number of imidazole rings is 1. The summed E-state index contributed by atoms with van der Waals surface area (Å²) in [4.78, 5) is 33.2. The van der Waals surface area contributed by atoms with Crippen LogP contribution in [0, 0.1) is 0 Å². The third-order valence-corrected chi connectivity index (χ3v) is 6.43. The van der Waals surface area contributed by atoms with Crippen LogP contribution in [0.2, 0.25) is 10.0 Å². The summed E-state index contributed by atoms with van der Waals surface area (Å²) in [5, 5.41) is 4.19. The third-order valence-electron chi connectivity index (χ3n) is 5.02. The number of rotatable bonds is 12. The summed E-state index contributed by atoms with van der Waals surface area (Å²) < 4.78 is 5.52. The fourth-order valence-electron chi connectivity index (χ4n) is 3.27. The van der Waals surface area contributed by atoms with E-state index in [0.29, 0.717) is 28.7 Å². The quantitative estimate of drug-likeness (QED) is 0.280. The number of unbranched alkanes of at least 4 members (excludes halogenated alkanes) is 4. The molecule has 1 aromatic heterocycles. The van der Waals surface area contributed by atoms with Gasteiger partial charge in [-0.25, -0.2) is 9.78 Å². The molecular formula is C24H33Cl2N3O3S. The second kappa shape index (κ2) is 13.9. The van der Waals surface area contributed by atoms with Gasteiger partial charge in [0, 0.05) is 21.4 Å². The molecule has 0 radical (unpaired) electrons. The van der Waals surface area contributed by atoms with Crippen molar-refractivity contribution < 1.29 is 14.3 Å². The van der Waals surface area contributed by atoms with Crippen LogP contribution in [0.25, 0.3) is 0 Å². The van der Waals surface area contributed by atoms with E-state index < -0.39 is 12.2 Å². The van der Waals surface area contributed by atoms with Crippen molar-refractivity contribution in [3.8, 4) is 0 Å². The molecule has 9 heteroatoms. The van der Waals surface area contributed by atoms with Crippen LogP contribution in [0.15, 0.2) is 28.1 Å². The van der Waals surface area contributed by atoms with Crippen LogP contribution in [-0.4, -0.2) is 22.0 Å². The van der Waals surface area contributed by atoms with Gasteiger partial charge < -0.3 is 9.72 Å². The van der Waals surface area contributed by atoms with Gasteiger partial charge in [0.15, 0.2) is 6.10 Å². The van der Waals surface area contributed by atoms with Crippen LogP contribution >= 0.6 is 35.0 Å². The van der Waals surface area contributed by atoms with Crippen LogP contribution < -0.4 is 5.32 Å². The topological polar surface area (TPSA) is 84.1 Å². The standard InChI is InChI=1S/C24H33Cl2N3O3S/c1-5-7-8-9-10-11-20(30)27-24(31)32-19(6-2)22-28-21(15(3)4)23(29-22)33-18-13-16(25)12-17(26)14-18/h12-15,19H,5-11H2,1-4H3,(H,28,29)(H,27,30,31). The Hall–Kier alpha value is -1.70. The molecule has 0 fully saturated rings. The van der Waals surface area contributed by atoms with E-state index in [1.54, 1.807) is 6.07 Å². The summed E-state index contributed by atoms with van der Waals surface area (Å²) in [7, 11) is 0. The molecule has 1 atom stereocenters. The van der Waals surface area contributed by atoms with Crippen molar-refractivity contribution in [2.75, 3.05) is 0 Å². The van der Waals surface area contributed by atoms with Crippen molar-refractivity contribution in [2.45, 2.75) is 94.6 Å². The summed E-state index contributed by atoms with van der Waals surface area (Å²) >= 11 is 13.7. The highest BCUT2D eigenvalue weighted by Gasteiger charge is 2.23. The summed E-state index contributed by atoms with van der Waals surface area (Å²) in [5.74, 6) is 0.394. The number of nitrogens with zero attached hydrogens (tertiary/aromatic N) is 1. The maximum atomic E-state index is 12.3. The lowest BCUT2D eigenvalue weighted by Crippen LogP contribution is -2.32. The Labute approximate surface area is 210 Å². The van der Waals surface area contributed by atoms with Crippen LogP contribution in [0.4, 0.5) is 4.79 Å². The molecule has 0 bridgehead atoms. The minimum absolute atomic E-state index is 0.170. The number of nitrogens with one attached hydrogen (secondary N) is 2. The fraction of sp³-hybridized carbons (Fsp3) is 0.542. The number of H-pyrrole nitrogens is 1. The first-order valence-corrected chi connectivity index (χ1v) is 13.0. The normalized spacial score (nSPS) is 12.1. The minimum atomic E-state index is -0.751. The first-order chi connectivity index (χ1) is 15.7. The van der Waals surface area contributed by atoms with Crippen molar-refractivity contribution in [1.82, 2.24) is 15.3 Å².